The molecule has 1 saturated heterocycles. The minimum Gasteiger partial charge on any atom is -0.297 e. The van der Waals surface area contributed by atoms with Gasteiger partial charge >= 0.3 is 0 Å². The Morgan fingerprint density at radius 2 is 2.16 bits per heavy atom. The lowest BCUT2D eigenvalue weighted by Crippen LogP contribution is -2.57. The molecule has 1 atom stereocenters. The van der Waals surface area contributed by atoms with E-state index >= 15 is 0 Å². The molecule has 1 heterocycles. The topological polar surface area (TPSA) is 73.2 Å². The third-order valence-electron chi connectivity index (χ3n) is 3.24. The molecule has 1 unspecified atom stereocenters. The van der Waals surface area contributed by atoms with Crippen LogP contribution in [0.25, 0.3) is 0 Å². The van der Waals surface area contributed by atoms with E-state index in [0.29, 0.717) is 17.5 Å². The second-order valence-corrected chi connectivity index (χ2v) is 4.43. The molecule has 2 rings (SSSR count). The molecule has 0 aliphatic carbocycles. The maximum atomic E-state index is 12.1. The van der Waals surface area contributed by atoms with E-state index < -0.39 is 0 Å². The zero-order valence-corrected chi connectivity index (χ0v) is 10.7. The largest absolute Gasteiger partial charge is 0.297 e. The highest BCUT2D eigenvalue weighted by Crippen LogP contribution is 2.14. The van der Waals surface area contributed by atoms with Crippen molar-refractivity contribution >= 4 is 11.8 Å². The van der Waals surface area contributed by atoms with E-state index in [0.717, 1.165) is 0 Å². The first-order valence-corrected chi connectivity index (χ1v) is 6.23. The fourth-order valence-corrected chi connectivity index (χ4v) is 2.13. The number of hydrogen-bond donors (Lipinski definition) is 1. The Labute approximate surface area is 111 Å². The average molecular weight is 257 g/mol. The first-order valence-electron chi connectivity index (χ1n) is 6.23. The standard InChI is InChI=1S/C14H15N3O2/c1-2-12-14(19)17(13(18)8-16-12)9-11-6-4-3-5-10(11)7-15/h3-6,12,16H,2,8-9H2,1H3. The molecule has 0 spiro atoms. The van der Waals surface area contributed by atoms with Crippen molar-refractivity contribution in [3.05, 3.63) is 35.4 Å². The summed E-state index contributed by atoms with van der Waals surface area (Å²) in [7, 11) is 0. The van der Waals surface area contributed by atoms with E-state index in [4.69, 9.17) is 5.26 Å². The van der Waals surface area contributed by atoms with Crippen LogP contribution in [0.4, 0.5) is 0 Å². The lowest BCUT2D eigenvalue weighted by Gasteiger charge is -2.31. The fourth-order valence-electron chi connectivity index (χ4n) is 2.13. The number of benzene rings is 1. The van der Waals surface area contributed by atoms with Crippen molar-refractivity contribution in [3.63, 3.8) is 0 Å². The molecular weight excluding hydrogens is 242 g/mol. The smallest absolute Gasteiger partial charge is 0.246 e. The quantitative estimate of drug-likeness (QED) is 0.813. The molecule has 0 aromatic heterocycles. The van der Waals surface area contributed by atoms with Crippen molar-refractivity contribution in [3.8, 4) is 6.07 Å². The molecule has 1 N–H and O–H groups in total. The predicted molar refractivity (Wildman–Crippen MR) is 68.8 cm³/mol. The van der Waals surface area contributed by atoms with Crippen molar-refractivity contribution in [1.29, 1.82) is 5.26 Å². The normalized spacial score (nSPS) is 19.4. The van der Waals surface area contributed by atoms with Gasteiger partial charge in [0, 0.05) is 0 Å². The van der Waals surface area contributed by atoms with Gasteiger partial charge in [0.15, 0.2) is 0 Å². The first-order chi connectivity index (χ1) is 9.17. The van der Waals surface area contributed by atoms with Crippen LogP contribution in [0.3, 0.4) is 0 Å². The van der Waals surface area contributed by atoms with Crippen molar-refractivity contribution in [1.82, 2.24) is 10.2 Å². The molecule has 19 heavy (non-hydrogen) atoms. The van der Waals surface area contributed by atoms with E-state index in [9.17, 15) is 9.59 Å². The summed E-state index contributed by atoms with van der Waals surface area (Å²) in [5, 5.41) is 11.9. The van der Waals surface area contributed by atoms with Gasteiger partial charge in [0.1, 0.15) is 0 Å². The number of rotatable bonds is 3. The average Bonchev–Trinajstić information content (AvgIpc) is 2.44. The molecule has 1 fully saturated rings. The SMILES string of the molecule is CCC1NCC(=O)N(Cc2ccccc2C#N)C1=O. The Kier molecular flexibility index (Phi) is 3.93. The molecule has 0 radical (unpaired) electrons. The molecular formula is C14H15N3O2. The summed E-state index contributed by atoms with van der Waals surface area (Å²) in [5.41, 5.74) is 1.19. The van der Waals surface area contributed by atoms with Crippen LogP contribution in [0, 0.1) is 11.3 Å². The third-order valence-corrected chi connectivity index (χ3v) is 3.24. The number of imide groups is 1. The van der Waals surface area contributed by atoms with Crippen molar-refractivity contribution in [2.75, 3.05) is 6.54 Å². The lowest BCUT2D eigenvalue weighted by molar-refractivity contribution is -0.150. The van der Waals surface area contributed by atoms with Crippen LogP contribution < -0.4 is 5.32 Å². The molecule has 1 aliphatic heterocycles. The van der Waals surface area contributed by atoms with Crippen LogP contribution in [0.15, 0.2) is 24.3 Å². The summed E-state index contributed by atoms with van der Waals surface area (Å²) in [6, 6.07) is 8.77. The maximum absolute atomic E-state index is 12.1. The zero-order chi connectivity index (χ0) is 13.8. The molecule has 1 aliphatic rings. The fraction of sp³-hybridized carbons (Fsp3) is 0.357. The highest BCUT2D eigenvalue weighted by Gasteiger charge is 2.32. The number of piperazine rings is 1. The lowest BCUT2D eigenvalue weighted by atomic mass is 10.1. The third kappa shape index (κ3) is 2.64. The Bertz CT molecular complexity index is 548. The highest BCUT2D eigenvalue weighted by atomic mass is 16.2. The molecule has 0 saturated carbocycles. The van der Waals surface area contributed by atoms with Gasteiger partial charge < -0.3 is 0 Å². The van der Waals surface area contributed by atoms with Crippen molar-refractivity contribution in [2.45, 2.75) is 25.9 Å². The predicted octanol–water partition coefficient (Wildman–Crippen LogP) is 0.795. The van der Waals surface area contributed by atoms with Crippen LogP contribution in [-0.4, -0.2) is 29.3 Å². The molecule has 1 aromatic carbocycles. The van der Waals surface area contributed by atoms with Gasteiger partial charge in [0.25, 0.3) is 0 Å². The summed E-state index contributed by atoms with van der Waals surface area (Å²) in [5.74, 6) is -0.464. The van der Waals surface area contributed by atoms with Crippen molar-refractivity contribution < 1.29 is 9.59 Å². The summed E-state index contributed by atoms with van der Waals surface area (Å²) in [6.07, 6.45) is 0.641. The van der Waals surface area contributed by atoms with Gasteiger partial charge in [-0.3, -0.25) is 19.8 Å². The van der Waals surface area contributed by atoms with E-state index in [2.05, 4.69) is 11.4 Å². The van der Waals surface area contributed by atoms with Gasteiger partial charge in [0.05, 0.1) is 30.8 Å². The van der Waals surface area contributed by atoms with E-state index in [1.165, 1.54) is 4.90 Å². The van der Waals surface area contributed by atoms with Gasteiger partial charge in [-0.25, -0.2) is 0 Å². The van der Waals surface area contributed by atoms with Gasteiger partial charge in [-0.2, -0.15) is 5.26 Å². The van der Waals surface area contributed by atoms with Crippen molar-refractivity contribution in [2.24, 2.45) is 0 Å². The van der Waals surface area contributed by atoms with Gasteiger partial charge in [0.2, 0.25) is 11.8 Å². The summed E-state index contributed by atoms with van der Waals surface area (Å²) in [6.45, 7) is 2.23. The van der Waals surface area contributed by atoms with Gasteiger partial charge in [-0.1, -0.05) is 25.1 Å². The Hall–Kier alpha value is -2.19. The number of carbonyl (C=O) groups excluding carboxylic acids is 2. The van der Waals surface area contributed by atoms with Crippen LogP contribution in [0.5, 0.6) is 0 Å². The Morgan fingerprint density at radius 1 is 1.42 bits per heavy atom. The summed E-state index contributed by atoms with van der Waals surface area (Å²) < 4.78 is 0. The zero-order valence-electron chi connectivity index (χ0n) is 10.7. The number of nitriles is 1. The molecule has 5 heteroatoms. The maximum Gasteiger partial charge on any atom is 0.246 e. The van der Waals surface area contributed by atoms with Crippen LogP contribution in [0.2, 0.25) is 0 Å². The number of hydrogen-bond acceptors (Lipinski definition) is 4. The van der Waals surface area contributed by atoms with E-state index in [1.54, 1.807) is 24.3 Å². The van der Waals surface area contributed by atoms with Crippen LogP contribution in [-0.2, 0) is 16.1 Å². The first kappa shape index (κ1) is 13.2. The van der Waals surface area contributed by atoms with E-state index in [1.807, 2.05) is 6.92 Å². The summed E-state index contributed by atoms with van der Waals surface area (Å²) in [4.78, 5) is 25.2. The highest BCUT2D eigenvalue weighted by molar-refractivity contribution is 6.01. The van der Waals surface area contributed by atoms with E-state index in [-0.39, 0.29) is 30.9 Å². The summed E-state index contributed by atoms with van der Waals surface area (Å²) >= 11 is 0. The number of carbonyl (C=O) groups is 2. The number of amides is 2. The minimum absolute atomic E-state index is 0.166. The molecule has 0 bridgehead atoms. The number of nitrogens with zero attached hydrogens (tertiary/aromatic N) is 2. The van der Waals surface area contributed by atoms with Crippen LogP contribution in [0.1, 0.15) is 24.5 Å². The molecule has 98 valence electrons. The molecule has 5 nitrogen and oxygen atoms in total. The minimum atomic E-state index is -0.313. The Balaban J connectivity index is 2.23. The van der Waals surface area contributed by atoms with Gasteiger partial charge in [-0.15, -0.1) is 0 Å². The number of nitrogens with one attached hydrogen (secondary N) is 1. The molecule has 1 aromatic rings. The van der Waals surface area contributed by atoms with Gasteiger partial charge in [-0.05, 0) is 18.1 Å². The van der Waals surface area contributed by atoms with Crippen LogP contribution >= 0.6 is 0 Å². The Morgan fingerprint density at radius 3 is 2.84 bits per heavy atom. The molecule has 2 amide bonds. The monoisotopic (exact) mass is 257 g/mol. The second kappa shape index (κ2) is 5.63. The second-order valence-electron chi connectivity index (χ2n) is 4.43.